The minimum atomic E-state index is -0.563. The molecule has 5 atom stereocenters. The fourth-order valence-electron chi connectivity index (χ4n) is 4.65. The maximum absolute atomic E-state index is 6.25. The fraction of sp³-hybridized carbons (Fsp3) is 0.529. The molecule has 23 heavy (non-hydrogen) atoms. The second-order valence-corrected chi connectivity index (χ2v) is 7.62. The molecule has 0 bridgehead atoms. The number of rotatable bonds is 2. The summed E-state index contributed by atoms with van der Waals surface area (Å²) in [6.07, 6.45) is 6.76. The van der Waals surface area contributed by atoms with Crippen LogP contribution in [-0.4, -0.2) is 32.5 Å². The Bertz CT molecular complexity index is 832. The molecule has 2 saturated carbocycles. The molecule has 3 heterocycles. The highest BCUT2D eigenvalue weighted by Gasteiger charge is 2.74. The Hall–Kier alpha value is -1.43. The van der Waals surface area contributed by atoms with E-state index in [9.17, 15) is 0 Å². The van der Waals surface area contributed by atoms with Crippen molar-refractivity contribution in [1.82, 2.24) is 14.5 Å². The molecule has 0 N–H and O–H groups in total. The summed E-state index contributed by atoms with van der Waals surface area (Å²) in [6, 6.07) is 2.16. The summed E-state index contributed by atoms with van der Waals surface area (Å²) in [5.41, 5.74) is 0.880. The highest BCUT2D eigenvalue weighted by Crippen LogP contribution is 2.72. The van der Waals surface area contributed by atoms with Gasteiger partial charge in [0.05, 0.1) is 17.5 Å². The van der Waals surface area contributed by atoms with Crippen LogP contribution in [0, 0.1) is 11.3 Å². The van der Waals surface area contributed by atoms with Gasteiger partial charge in [0.2, 0.25) is 0 Å². The minimum absolute atomic E-state index is 0.00564. The Balaban J connectivity index is 1.65. The van der Waals surface area contributed by atoms with Crippen molar-refractivity contribution in [3.8, 4) is 0 Å². The van der Waals surface area contributed by atoms with Gasteiger partial charge < -0.3 is 14.0 Å². The lowest BCUT2D eigenvalue weighted by Gasteiger charge is -2.24. The van der Waals surface area contributed by atoms with Crippen molar-refractivity contribution < 1.29 is 9.47 Å². The molecule has 3 fully saturated rings. The van der Waals surface area contributed by atoms with Crippen molar-refractivity contribution in [2.45, 2.75) is 44.3 Å². The van der Waals surface area contributed by atoms with Crippen molar-refractivity contribution in [3.63, 3.8) is 0 Å². The van der Waals surface area contributed by atoms with Crippen molar-refractivity contribution in [3.05, 3.63) is 36.4 Å². The number of hydrogen-bond donors (Lipinski definition) is 0. The molecule has 2 aromatic heterocycles. The zero-order valence-corrected chi connectivity index (χ0v) is 13.8. The average molecular weight is 332 g/mol. The van der Waals surface area contributed by atoms with Gasteiger partial charge in [-0.2, -0.15) is 0 Å². The summed E-state index contributed by atoms with van der Waals surface area (Å²) in [7, 11) is 0. The van der Waals surface area contributed by atoms with E-state index in [1.165, 1.54) is 6.33 Å². The van der Waals surface area contributed by atoms with E-state index in [1.54, 1.807) is 0 Å². The van der Waals surface area contributed by atoms with Gasteiger partial charge in [-0.25, -0.2) is 9.97 Å². The van der Waals surface area contributed by atoms with Crippen LogP contribution in [0.25, 0.3) is 11.0 Å². The van der Waals surface area contributed by atoms with Gasteiger partial charge in [-0.3, -0.25) is 0 Å². The second-order valence-electron chi connectivity index (χ2n) is 7.26. The van der Waals surface area contributed by atoms with Crippen molar-refractivity contribution in [1.29, 1.82) is 0 Å². The molecule has 120 valence electrons. The molecular weight excluding hydrogens is 314 g/mol. The Morgan fingerprint density at radius 2 is 2.22 bits per heavy atom. The lowest BCUT2D eigenvalue weighted by atomic mass is 10.00. The smallest absolute Gasteiger partial charge is 0.163 e. The van der Waals surface area contributed by atoms with Gasteiger partial charge in [-0.15, -0.1) is 6.58 Å². The van der Waals surface area contributed by atoms with Crippen molar-refractivity contribution in [2.24, 2.45) is 11.3 Å². The third kappa shape index (κ3) is 1.65. The maximum Gasteiger partial charge on any atom is 0.163 e. The highest BCUT2D eigenvalue weighted by atomic mass is 35.5. The first kappa shape index (κ1) is 14.0. The van der Waals surface area contributed by atoms with Gasteiger partial charge in [0.15, 0.2) is 5.79 Å². The van der Waals surface area contributed by atoms with E-state index in [-0.39, 0.29) is 23.7 Å². The van der Waals surface area contributed by atoms with E-state index < -0.39 is 5.79 Å². The number of aromatic nitrogens is 3. The third-order valence-electron chi connectivity index (χ3n) is 5.67. The number of fused-ring (bicyclic) bond motifs is 4. The Morgan fingerprint density at radius 1 is 1.39 bits per heavy atom. The monoisotopic (exact) mass is 331 g/mol. The zero-order valence-electron chi connectivity index (χ0n) is 13.1. The fourth-order valence-corrected chi connectivity index (χ4v) is 4.85. The van der Waals surface area contributed by atoms with E-state index in [4.69, 9.17) is 21.1 Å². The summed E-state index contributed by atoms with van der Waals surface area (Å²) in [5, 5.41) is 1.36. The molecule has 2 aliphatic carbocycles. The average Bonchev–Trinajstić information content (AvgIpc) is 2.78. The molecule has 3 aliphatic rings. The molecule has 0 radical (unpaired) electrons. The van der Waals surface area contributed by atoms with Crippen LogP contribution in [0.2, 0.25) is 5.15 Å². The SMILES string of the molecule is C=C[C@@]12CC1[C@@H](n1ccc3c(Cl)ncnc31)[C@@H]1OC(C)(C)O[C@@H]12. The summed E-state index contributed by atoms with van der Waals surface area (Å²) in [4.78, 5) is 8.51. The molecule has 5 nitrogen and oxygen atoms in total. The topological polar surface area (TPSA) is 49.2 Å². The van der Waals surface area contributed by atoms with E-state index in [0.717, 1.165) is 17.5 Å². The Morgan fingerprint density at radius 3 is 3.00 bits per heavy atom. The molecule has 1 unspecified atom stereocenters. The first-order chi connectivity index (χ1) is 11.0. The Kier molecular flexibility index (Phi) is 2.52. The third-order valence-corrected chi connectivity index (χ3v) is 5.97. The number of ether oxygens (including phenoxy) is 2. The predicted molar refractivity (Wildman–Crippen MR) is 86.1 cm³/mol. The normalized spacial score (nSPS) is 40.1. The molecular formula is C17H18ClN3O2. The van der Waals surface area contributed by atoms with Crippen LogP contribution in [0.5, 0.6) is 0 Å². The quantitative estimate of drug-likeness (QED) is 0.625. The van der Waals surface area contributed by atoms with Gasteiger partial charge >= 0.3 is 0 Å². The zero-order chi connectivity index (χ0) is 16.0. The molecule has 6 heteroatoms. The van der Waals surface area contributed by atoms with Gasteiger partial charge in [-0.1, -0.05) is 17.7 Å². The van der Waals surface area contributed by atoms with Crippen molar-refractivity contribution >= 4 is 22.6 Å². The summed E-state index contributed by atoms with van der Waals surface area (Å²) in [6.45, 7) is 8.02. The van der Waals surface area contributed by atoms with Gasteiger partial charge in [-0.05, 0) is 32.3 Å². The van der Waals surface area contributed by atoms with E-state index in [2.05, 4.69) is 27.2 Å². The van der Waals surface area contributed by atoms with Crippen LogP contribution in [0.15, 0.2) is 31.2 Å². The van der Waals surface area contributed by atoms with E-state index in [1.807, 2.05) is 26.1 Å². The largest absolute Gasteiger partial charge is 0.344 e. The second kappa shape index (κ2) is 4.15. The lowest BCUT2D eigenvalue weighted by molar-refractivity contribution is -0.159. The van der Waals surface area contributed by atoms with E-state index >= 15 is 0 Å². The number of nitrogens with zero attached hydrogens (tertiary/aromatic N) is 3. The first-order valence-corrected chi connectivity index (χ1v) is 8.31. The van der Waals surface area contributed by atoms with Crippen LogP contribution in [0.1, 0.15) is 26.3 Å². The summed E-state index contributed by atoms with van der Waals surface area (Å²) in [5.74, 6) is -0.0948. The number of halogens is 1. The summed E-state index contributed by atoms with van der Waals surface area (Å²) >= 11 is 6.20. The molecule has 1 saturated heterocycles. The van der Waals surface area contributed by atoms with Crippen LogP contribution in [0.4, 0.5) is 0 Å². The first-order valence-electron chi connectivity index (χ1n) is 7.93. The number of hydrogen-bond acceptors (Lipinski definition) is 4. The minimum Gasteiger partial charge on any atom is -0.344 e. The molecule has 0 amide bonds. The molecule has 0 aromatic carbocycles. The predicted octanol–water partition coefficient (Wildman–Crippen LogP) is 3.35. The molecule has 5 rings (SSSR count). The van der Waals surface area contributed by atoms with Crippen LogP contribution < -0.4 is 0 Å². The van der Waals surface area contributed by atoms with Gasteiger partial charge in [0.1, 0.15) is 23.2 Å². The molecule has 0 spiro atoms. The van der Waals surface area contributed by atoms with E-state index in [0.29, 0.717) is 11.1 Å². The molecule has 1 aliphatic heterocycles. The van der Waals surface area contributed by atoms with Gasteiger partial charge in [0, 0.05) is 11.6 Å². The standard InChI is InChI=1S/C17H18ClN3O2/c1-4-17-7-10(17)11(12-13(17)23-16(2,3)22-12)21-6-5-9-14(18)19-8-20-15(9)21/h4-6,8,10-13H,1,7H2,2-3H3/t10?,11-,12+,13+,17-/m1/s1. The van der Waals surface area contributed by atoms with Gasteiger partial charge in [0.25, 0.3) is 0 Å². The highest BCUT2D eigenvalue weighted by molar-refractivity contribution is 6.33. The Labute approximate surface area is 139 Å². The molecule has 2 aromatic rings. The van der Waals surface area contributed by atoms with Crippen molar-refractivity contribution in [2.75, 3.05) is 0 Å². The van der Waals surface area contributed by atoms with Crippen LogP contribution in [-0.2, 0) is 9.47 Å². The summed E-state index contributed by atoms with van der Waals surface area (Å²) < 4.78 is 14.7. The lowest BCUT2D eigenvalue weighted by Crippen LogP contribution is -2.31. The van der Waals surface area contributed by atoms with Crippen LogP contribution >= 0.6 is 11.6 Å². The maximum atomic E-state index is 6.25. The van der Waals surface area contributed by atoms with Crippen LogP contribution in [0.3, 0.4) is 0 Å².